The van der Waals surface area contributed by atoms with Crippen molar-refractivity contribution in [2.24, 2.45) is 0 Å². The van der Waals surface area contributed by atoms with E-state index in [1.807, 2.05) is 13.0 Å². The number of carbonyl (C=O) groups excluding carboxylic acids is 2. The molecule has 1 aromatic heterocycles. The van der Waals surface area contributed by atoms with Crippen LogP contribution in [0.5, 0.6) is 5.75 Å². The van der Waals surface area contributed by atoms with Crippen LogP contribution < -0.4 is 15.8 Å². The number of aromatic nitrogens is 2. The summed E-state index contributed by atoms with van der Waals surface area (Å²) in [6, 6.07) is 11.0. The lowest BCUT2D eigenvalue weighted by Gasteiger charge is -2.26. The van der Waals surface area contributed by atoms with Gasteiger partial charge >= 0.3 is 0 Å². The van der Waals surface area contributed by atoms with Gasteiger partial charge in [-0.1, -0.05) is 25.6 Å². The van der Waals surface area contributed by atoms with Crippen LogP contribution in [0.4, 0.5) is 15.8 Å². The summed E-state index contributed by atoms with van der Waals surface area (Å²) in [6.07, 6.45) is 3.96. The molecule has 2 heterocycles. The molecule has 3 aromatic rings. The highest BCUT2D eigenvalue weighted by molar-refractivity contribution is 6.03. The molecule has 198 valence electrons. The standard InChI is InChI=1S/C28H30FN5O4/c1-4-6-25(18-7-9-22(30)26(16-18)37-3)34-20(5-2)17-24(32-34)27(35)31-23-10-8-19(15-21(23)29)28(36)33-11-13-38-14-12-33/h4,6-10,15-17H,1,5,11-14,30H2,2-3H3,(H,31,35)/b25-6-. The molecule has 0 spiro atoms. The second-order valence-corrected chi connectivity index (χ2v) is 8.58. The van der Waals surface area contributed by atoms with Crippen molar-refractivity contribution in [3.05, 3.63) is 89.5 Å². The summed E-state index contributed by atoms with van der Waals surface area (Å²) >= 11 is 0. The lowest BCUT2D eigenvalue weighted by atomic mass is 10.1. The number of nitrogens with two attached hydrogens (primary N) is 1. The zero-order valence-corrected chi connectivity index (χ0v) is 21.4. The highest BCUT2D eigenvalue weighted by atomic mass is 19.1. The van der Waals surface area contributed by atoms with Gasteiger partial charge in [0.05, 0.1) is 37.4 Å². The Labute approximate surface area is 220 Å². The van der Waals surface area contributed by atoms with E-state index < -0.39 is 11.7 Å². The summed E-state index contributed by atoms with van der Waals surface area (Å²) in [5, 5.41) is 7.07. The van der Waals surface area contributed by atoms with Gasteiger partial charge in [0, 0.05) is 29.9 Å². The highest BCUT2D eigenvalue weighted by Crippen LogP contribution is 2.28. The number of halogens is 1. The number of morpholine rings is 1. The monoisotopic (exact) mass is 519 g/mol. The van der Waals surface area contributed by atoms with Crippen LogP contribution in [-0.2, 0) is 11.2 Å². The topological polar surface area (TPSA) is 112 Å². The van der Waals surface area contributed by atoms with E-state index in [0.717, 1.165) is 17.3 Å². The fourth-order valence-electron chi connectivity index (χ4n) is 4.15. The van der Waals surface area contributed by atoms with Gasteiger partial charge in [-0.3, -0.25) is 9.59 Å². The number of hydrogen-bond acceptors (Lipinski definition) is 6. The van der Waals surface area contributed by atoms with Crippen LogP contribution in [0.3, 0.4) is 0 Å². The van der Waals surface area contributed by atoms with Gasteiger partial charge in [0.15, 0.2) is 5.69 Å². The number of anilines is 2. The van der Waals surface area contributed by atoms with E-state index in [9.17, 15) is 14.0 Å². The number of amides is 2. The molecule has 10 heteroatoms. The first-order valence-electron chi connectivity index (χ1n) is 12.2. The molecule has 4 rings (SSSR count). The summed E-state index contributed by atoms with van der Waals surface area (Å²) in [6.45, 7) is 7.53. The van der Waals surface area contributed by atoms with E-state index in [0.29, 0.717) is 49.9 Å². The normalized spacial score (nSPS) is 13.8. The number of ether oxygens (including phenoxy) is 2. The van der Waals surface area contributed by atoms with Crippen molar-refractivity contribution in [3.63, 3.8) is 0 Å². The third-order valence-electron chi connectivity index (χ3n) is 6.17. The van der Waals surface area contributed by atoms with E-state index in [1.54, 1.807) is 39.9 Å². The van der Waals surface area contributed by atoms with Gasteiger partial charge in [-0.25, -0.2) is 9.07 Å². The number of methoxy groups -OCH3 is 1. The molecule has 9 nitrogen and oxygen atoms in total. The number of carbonyl (C=O) groups is 2. The van der Waals surface area contributed by atoms with E-state index >= 15 is 0 Å². The molecule has 2 aromatic carbocycles. The SMILES string of the molecule is C=C/C=C(/c1ccc(N)c(OC)c1)n1nc(C(=O)Nc2ccc(C(=O)N3CCOCC3)cc2F)cc1CC. The Bertz CT molecular complexity index is 1390. The predicted octanol–water partition coefficient (Wildman–Crippen LogP) is 3.98. The molecule has 1 fully saturated rings. The molecular formula is C28H30FN5O4. The minimum absolute atomic E-state index is 0.0498. The van der Waals surface area contributed by atoms with Gasteiger partial charge in [0.25, 0.3) is 11.8 Å². The van der Waals surface area contributed by atoms with Crippen molar-refractivity contribution in [3.8, 4) is 5.75 Å². The first kappa shape index (κ1) is 26.6. The van der Waals surface area contributed by atoms with Crippen LogP contribution >= 0.6 is 0 Å². The molecule has 0 atom stereocenters. The lowest BCUT2D eigenvalue weighted by Crippen LogP contribution is -2.40. The predicted molar refractivity (Wildman–Crippen MR) is 144 cm³/mol. The number of hydrogen-bond donors (Lipinski definition) is 2. The average Bonchev–Trinajstić information content (AvgIpc) is 3.37. The van der Waals surface area contributed by atoms with Crippen LogP contribution in [0.1, 0.15) is 39.0 Å². The zero-order chi connectivity index (χ0) is 27.2. The van der Waals surface area contributed by atoms with Crippen molar-refractivity contribution in [1.29, 1.82) is 0 Å². The Balaban J connectivity index is 1.58. The molecule has 0 aliphatic carbocycles. The van der Waals surface area contributed by atoms with Crippen molar-refractivity contribution in [2.75, 3.05) is 44.5 Å². The number of aryl methyl sites for hydroxylation is 1. The summed E-state index contributed by atoms with van der Waals surface area (Å²) in [4.78, 5) is 27.3. The summed E-state index contributed by atoms with van der Waals surface area (Å²) < 4.78 is 27.1. The maximum absolute atomic E-state index is 14.9. The molecule has 0 bridgehead atoms. The average molecular weight is 520 g/mol. The molecule has 3 N–H and O–H groups in total. The smallest absolute Gasteiger partial charge is 0.276 e. The van der Waals surface area contributed by atoms with Crippen LogP contribution in [0.2, 0.25) is 0 Å². The minimum Gasteiger partial charge on any atom is -0.495 e. The van der Waals surface area contributed by atoms with Crippen LogP contribution in [0.25, 0.3) is 5.70 Å². The molecule has 0 unspecified atom stereocenters. The van der Waals surface area contributed by atoms with Crippen molar-refractivity contribution in [2.45, 2.75) is 13.3 Å². The number of benzene rings is 2. The summed E-state index contributed by atoms with van der Waals surface area (Å²) in [5.74, 6) is -1.07. The molecule has 38 heavy (non-hydrogen) atoms. The van der Waals surface area contributed by atoms with Crippen LogP contribution in [-0.4, -0.2) is 59.9 Å². The Morgan fingerprint density at radius 3 is 2.58 bits per heavy atom. The van der Waals surface area contributed by atoms with Gasteiger partial charge in [-0.15, -0.1) is 0 Å². The molecule has 0 saturated carbocycles. The van der Waals surface area contributed by atoms with Gasteiger partial charge in [-0.05, 0) is 48.9 Å². The van der Waals surface area contributed by atoms with Gasteiger partial charge < -0.3 is 25.4 Å². The maximum Gasteiger partial charge on any atom is 0.276 e. The van der Waals surface area contributed by atoms with Gasteiger partial charge in [0.1, 0.15) is 11.6 Å². The van der Waals surface area contributed by atoms with E-state index in [-0.39, 0.29) is 22.9 Å². The second kappa shape index (κ2) is 11.7. The van der Waals surface area contributed by atoms with E-state index in [2.05, 4.69) is 17.0 Å². The number of nitrogens with one attached hydrogen (secondary N) is 1. The number of allylic oxidation sites excluding steroid dienone is 2. The van der Waals surface area contributed by atoms with Crippen molar-refractivity contribution < 1.29 is 23.5 Å². The van der Waals surface area contributed by atoms with Crippen molar-refractivity contribution >= 4 is 28.9 Å². The number of rotatable bonds is 8. The molecular weight excluding hydrogens is 489 g/mol. The van der Waals surface area contributed by atoms with Gasteiger partial charge in [0.2, 0.25) is 0 Å². The number of nitrogens with zero attached hydrogens (tertiary/aromatic N) is 3. The quantitative estimate of drug-likeness (QED) is 0.344. The van der Waals surface area contributed by atoms with Crippen molar-refractivity contribution in [1.82, 2.24) is 14.7 Å². The first-order valence-corrected chi connectivity index (χ1v) is 12.2. The minimum atomic E-state index is -0.714. The number of nitrogen functional groups attached to an aromatic ring is 1. The van der Waals surface area contributed by atoms with E-state index in [4.69, 9.17) is 15.2 Å². The molecule has 1 saturated heterocycles. The second-order valence-electron chi connectivity index (χ2n) is 8.58. The van der Waals surface area contributed by atoms with Crippen LogP contribution in [0.15, 0.2) is 61.2 Å². The molecule has 1 aliphatic rings. The molecule has 1 aliphatic heterocycles. The Morgan fingerprint density at radius 1 is 1.18 bits per heavy atom. The molecule has 2 amide bonds. The lowest BCUT2D eigenvalue weighted by molar-refractivity contribution is 0.0302. The largest absolute Gasteiger partial charge is 0.495 e. The fraction of sp³-hybridized carbons (Fsp3) is 0.250. The van der Waals surface area contributed by atoms with Gasteiger partial charge in [-0.2, -0.15) is 5.10 Å². The summed E-state index contributed by atoms with van der Waals surface area (Å²) in [5.41, 5.74) is 8.89. The summed E-state index contributed by atoms with van der Waals surface area (Å²) in [7, 11) is 1.53. The highest BCUT2D eigenvalue weighted by Gasteiger charge is 2.22. The zero-order valence-electron chi connectivity index (χ0n) is 21.4. The maximum atomic E-state index is 14.9. The fourth-order valence-corrected chi connectivity index (χ4v) is 4.15. The third kappa shape index (κ3) is 5.60. The Hall–Kier alpha value is -4.44. The van der Waals surface area contributed by atoms with Crippen LogP contribution in [0, 0.1) is 5.82 Å². The first-order chi connectivity index (χ1) is 18.4. The third-order valence-corrected chi connectivity index (χ3v) is 6.17. The Kier molecular flexibility index (Phi) is 8.22. The van der Waals surface area contributed by atoms with E-state index in [1.165, 1.54) is 19.2 Å². The molecule has 0 radical (unpaired) electrons. The Morgan fingerprint density at radius 2 is 1.92 bits per heavy atom.